The number of hydrogen-bond acceptors (Lipinski definition) is 7. The van der Waals surface area contributed by atoms with E-state index in [0.29, 0.717) is 11.7 Å². The Labute approximate surface area is 154 Å². The Morgan fingerprint density at radius 3 is 2.84 bits per heavy atom. The number of aliphatic hydroxyl groups excluding tert-OH is 1. The van der Waals surface area contributed by atoms with Crippen molar-refractivity contribution in [3.05, 3.63) is 20.8 Å². The summed E-state index contributed by atoms with van der Waals surface area (Å²) in [7, 11) is -3.22. The molecule has 9 heteroatoms. The van der Waals surface area contributed by atoms with Crippen LogP contribution in [0.2, 0.25) is 0 Å². The van der Waals surface area contributed by atoms with Crippen LogP contribution in [0.25, 0.3) is 10.2 Å². The summed E-state index contributed by atoms with van der Waals surface area (Å²) >= 11 is 2.81. The third-order valence-electron chi connectivity index (χ3n) is 4.77. The number of sulfone groups is 1. The standard InChI is InChI=1S/C16H20N2O4S3/c1-2-6-18-15(20)13-9-4-3-5-11(9)23-14(13)17-16(18)24-12-8-25(21,22)7-10(12)19/h10,12,19H,2-8H2,1H3/t10-,12-/m0/s1. The molecule has 0 bridgehead atoms. The molecule has 136 valence electrons. The number of fused-ring (bicyclic) bond motifs is 3. The maximum Gasteiger partial charge on any atom is 0.263 e. The molecular formula is C16H20N2O4S3. The lowest BCUT2D eigenvalue weighted by atomic mass is 10.2. The minimum absolute atomic E-state index is 0.0240. The van der Waals surface area contributed by atoms with Gasteiger partial charge in [-0.3, -0.25) is 9.36 Å². The fourth-order valence-electron chi connectivity index (χ4n) is 3.61. The minimum Gasteiger partial charge on any atom is -0.391 e. The van der Waals surface area contributed by atoms with Gasteiger partial charge >= 0.3 is 0 Å². The summed E-state index contributed by atoms with van der Waals surface area (Å²) in [6.07, 6.45) is 2.91. The third kappa shape index (κ3) is 3.05. The largest absolute Gasteiger partial charge is 0.391 e. The van der Waals surface area contributed by atoms with E-state index in [0.717, 1.165) is 41.5 Å². The Hall–Kier alpha value is -0.900. The van der Waals surface area contributed by atoms with E-state index in [9.17, 15) is 18.3 Å². The highest BCUT2D eigenvalue weighted by Crippen LogP contribution is 2.37. The average Bonchev–Trinajstić information content (AvgIpc) is 3.16. The lowest BCUT2D eigenvalue weighted by molar-refractivity contribution is 0.207. The first-order valence-corrected chi connectivity index (χ1v) is 12.0. The van der Waals surface area contributed by atoms with Crippen molar-refractivity contribution < 1.29 is 13.5 Å². The average molecular weight is 401 g/mol. The van der Waals surface area contributed by atoms with E-state index < -0.39 is 21.2 Å². The van der Waals surface area contributed by atoms with Gasteiger partial charge in [0.1, 0.15) is 4.83 Å². The number of rotatable bonds is 4. The molecule has 6 nitrogen and oxygen atoms in total. The van der Waals surface area contributed by atoms with Crippen molar-refractivity contribution in [1.29, 1.82) is 0 Å². The zero-order valence-corrected chi connectivity index (χ0v) is 16.3. The van der Waals surface area contributed by atoms with Gasteiger partial charge < -0.3 is 5.11 Å². The molecule has 2 atom stereocenters. The molecule has 0 radical (unpaired) electrons. The number of aliphatic hydroxyl groups is 1. The van der Waals surface area contributed by atoms with Gasteiger partial charge in [-0.05, 0) is 31.2 Å². The lowest BCUT2D eigenvalue weighted by Crippen LogP contribution is -2.26. The van der Waals surface area contributed by atoms with Crippen LogP contribution in [0.15, 0.2) is 9.95 Å². The SMILES string of the molecule is CCCn1c(S[C@H]2CS(=O)(=O)C[C@@H]2O)nc2sc3c(c2c1=O)CCC3. The molecule has 2 aromatic rings. The van der Waals surface area contributed by atoms with Gasteiger partial charge in [0.15, 0.2) is 15.0 Å². The summed E-state index contributed by atoms with van der Waals surface area (Å²) in [5, 5.41) is 10.9. The Morgan fingerprint density at radius 2 is 2.16 bits per heavy atom. The van der Waals surface area contributed by atoms with Crippen LogP contribution in [-0.2, 0) is 29.2 Å². The van der Waals surface area contributed by atoms with Gasteiger partial charge in [0, 0.05) is 11.4 Å². The molecule has 0 aromatic carbocycles. The fraction of sp³-hybridized carbons (Fsp3) is 0.625. The van der Waals surface area contributed by atoms with Crippen LogP contribution in [-0.4, -0.2) is 45.9 Å². The van der Waals surface area contributed by atoms with E-state index in [1.54, 1.807) is 15.9 Å². The fourth-order valence-corrected chi connectivity index (χ4v) is 8.52. The minimum atomic E-state index is -3.22. The second kappa shape index (κ2) is 6.37. The molecular weight excluding hydrogens is 380 g/mol. The molecule has 2 aliphatic rings. The van der Waals surface area contributed by atoms with Crippen LogP contribution >= 0.6 is 23.1 Å². The van der Waals surface area contributed by atoms with Crippen LogP contribution < -0.4 is 5.56 Å². The van der Waals surface area contributed by atoms with Gasteiger partial charge in [-0.2, -0.15) is 0 Å². The van der Waals surface area contributed by atoms with Crippen LogP contribution in [0, 0.1) is 0 Å². The number of aromatic nitrogens is 2. The number of thiophene rings is 1. The van der Waals surface area contributed by atoms with E-state index in [1.807, 2.05) is 6.92 Å². The van der Waals surface area contributed by atoms with Crippen LogP contribution in [0.3, 0.4) is 0 Å². The van der Waals surface area contributed by atoms with Crippen molar-refractivity contribution in [3.8, 4) is 0 Å². The van der Waals surface area contributed by atoms with Crippen LogP contribution in [0.4, 0.5) is 0 Å². The summed E-state index contributed by atoms with van der Waals surface area (Å²) < 4.78 is 25.2. The molecule has 4 rings (SSSR count). The van der Waals surface area contributed by atoms with Crippen molar-refractivity contribution in [1.82, 2.24) is 9.55 Å². The van der Waals surface area contributed by atoms with E-state index in [4.69, 9.17) is 4.98 Å². The normalized spacial score (nSPS) is 24.9. The van der Waals surface area contributed by atoms with Crippen LogP contribution in [0.5, 0.6) is 0 Å². The summed E-state index contributed by atoms with van der Waals surface area (Å²) in [6, 6.07) is 0. The monoisotopic (exact) mass is 400 g/mol. The van der Waals surface area contributed by atoms with E-state index in [2.05, 4.69) is 0 Å². The summed E-state index contributed by atoms with van der Waals surface area (Å²) in [4.78, 5) is 19.8. The molecule has 3 heterocycles. The molecule has 1 aliphatic carbocycles. The maximum atomic E-state index is 13.1. The quantitative estimate of drug-likeness (QED) is 0.785. The number of thioether (sulfide) groups is 1. The van der Waals surface area contributed by atoms with Gasteiger partial charge in [-0.1, -0.05) is 18.7 Å². The Morgan fingerprint density at radius 1 is 1.36 bits per heavy atom. The van der Waals surface area contributed by atoms with E-state index >= 15 is 0 Å². The van der Waals surface area contributed by atoms with E-state index in [-0.39, 0.29) is 17.1 Å². The van der Waals surface area contributed by atoms with Crippen molar-refractivity contribution in [2.45, 2.75) is 55.7 Å². The van der Waals surface area contributed by atoms with Crippen molar-refractivity contribution in [2.24, 2.45) is 0 Å². The first-order chi connectivity index (χ1) is 11.9. The number of nitrogens with zero attached hydrogens (tertiary/aromatic N) is 2. The molecule has 0 saturated carbocycles. The molecule has 2 aromatic heterocycles. The molecule has 0 unspecified atom stereocenters. The highest BCUT2D eigenvalue weighted by atomic mass is 32.2. The Balaban J connectivity index is 1.80. The predicted molar refractivity (Wildman–Crippen MR) is 101 cm³/mol. The second-order valence-electron chi connectivity index (χ2n) is 6.69. The van der Waals surface area contributed by atoms with Gasteiger partial charge in [0.05, 0.1) is 28.2 Å². The number of hydrogen-bond donors (Lipinski definition) is 1. The summed E-state index contributed by atoms with van der Waals surface area (Å²) in [5.41, 5.74) is 1.13. The van der Waals surface area contributed by atoms with Gasteiger partial charge in [0.2, 0.25) is 0 Å². The zero-order chi connectivity index (χ0) is 17.8. The first kappa shape index (κ1) is 17.5. The predicted octanol–water partition coefficient (Wildman–Crippen LogP) is 1.61. The number of aryl methyl sites for hydroxylation is 2. The van der Waals surface area contributed by atoms with Crippen LogP contribution in [0.1, 0.15) is 30.2 Å². The van der Waals surface area contributed by atoms with E-state index in [1.165, 1.54) is 16.6 Å². The van der Waals surface area contributed by atoms with Crippen molar-refractivity contribution >= 4 is 43.2 Å². The van der Waals surface area contributed by atoms with Gasteiger partial charge in [0.25, 0.3) is 5.56 Å². The second-order valence-corrected chi connectivity index (χ2v) is 11.1. The zero-order valence-electron chi connectivity index (χ0n) is 13.9. The third-order valence-corrected chi connectivity index (χ3v) is 9.19. The van der Waals surface area contributed by atoms with Gasteiger partial charge in [-0.25, -0.2) is 13.4 Å². The smallest absolute Gasteiger partial charge is 0.263 e. The molecule has 0 amide bonds. The highest BCUT2D eigenvalue weighted by Gasteiger charge is 2.38. The summed E-state index contributed by atoms with van der Waals surface area (Å²) in [5.74, 6) is -0.280. The molecule has 0 spiro atoms. The maximum absolute atomic E-state index is 13.1. The molecule has 25 heavy (non-hydrogen) atoms. The van der Waals surface area contributed by atoms with Crippen molar-refractivity contribution in [3.63, 3.8) is 0 Å². The summed E-state index contributed by atoms with van der Waals surface area (Å²) in [6.45, 7) is 2.54. The topological polar surface area (TPSA) is 89.3 Å². The highest BCUT2D eigenvalue weighted by molar-refractivity contribution is 8.01. The Bertz CT molecular complexity index is 993. The lowest BCUT2D eigenvalue weighted by Gasteiger charge is -2.16. The Kier molecular flexibility index (Phi) is 4.46. The molecule has 1 N–H and O–H groups in total. The first-order valence-electron chi connectivity index (χ1n) is 8.50. The molecule has 1 aliphatic heterocycles. The molecule has 1 saturated heterocycles. The van der Waals surface area contributed by atoms with Crippen molar-refractivity contribution in [2.75, 3.05) is 11.5 Å². The molecule has 1 fully saturated rings. The van der Waals surface area contributed by atoms with Gasteiger partial charge in [-0.15, -0.1) is 11.3 Å².